The molecular formula is C17H28O7. The van der Waals surface area contributed by atoms with Gasteiger partial charge < -0.3 is 29.2 Å². The summed E-state index contributed by atoms with van der Waals surface area (Å²) in [4.78, 5) is 11.8. The molecule has 0 aromatic heterocycles. The van der Waals surface area contributed by atoms with Gasteiger partial charge in [-0.15, -0.1) is 0 Å². The summed E-state index contributed by atoms with van der Waals surface area (Å²) in [6.07, 6.45) is 0.233. The average Bonchev–Trinajstić information content (AvgIpc) is 2.92. The Bertz CT molecular complexity index is 448. The summed E-state index contributed by atoms with van der Waals surface area (Å²) < 4.78 is 23.0. The van der Waals surface area contributed by atoms with E-state index in [-0.39, 0.29) is 6.42 Å². The molecule has 0 bridgehead atoms. The lowest BCUT2D eigenvalue weighted by molar-refractivity contribution is -0.216. The lowest BCUT2D eigenvalue weighted by Gasteiger charge is -2.42. The normalized spacial score (nSPS) is 41.2. The van der Waals surface area contributed by atoms with Gasteiger partial charge in [0.25, 0.3) is 0 Å². The maximum absolute atomic E-state index is 11.8. The third-order valence-corrected chi connectivity index (χ3v) is 5.30. The second-order valence-corrected chi connectivity index (χ2v) is 7.02. The van der Waals surface area contributed by atoms with Gasteiger partial charge in [0, 0.05) is 26.4 Å². The number of aliphatic hydroxyl groups is 2. The molecule has 0 radical (unpaired) electrons. The van der Waals surface area contributed by atoms with Gasteiger partial charge in [-0.1, -0.05) is 13.3 Å². The Morgan fingerprint density at radius 2 is 1.75 bits per heavy atom. The van der Waals surface area contributed by atoms with Crippen LogP contribution in [0.2, 0.25) is 0 Å². The first-order chi connectivity index (χ1) is 11.5. The molecule has 2 N–H and O–H groups in total. The van der Waals surface area contributed by atoms with Crippen molar-refractivity contribution in [1.29, 1.82) is 0 Å². The molecule has 2 saturated carbocycles. The van der Waals surface area contributed by atoms with Gasteiger partial charge in [0.05, 0.1) is 0 Å². The van der Waals surface area contributed by atoms with Crippen LogP contribution in [-0.2, 0) is 23.7 Å². The summed E-state index contributed by atoms with van der Waals surface area (Å²) in [5, 5.41) is 21.2. The van der Waals surface area contributed by atoms with E-state index in [1.54, 1.807) is 0 Å². The molecule has 1 saturated heterocycles. The molecule has 1 spiro atoms. The van der Waals surface area contributed by atoms with Gasteiger partial charge in [0.15, 0.2) is 11.9 Å². The van der Waals surface area contributed by atoms with Crippen LogP contribution >= 0.6 is 0 Å². The van der Waals surface area contributed by atoms with Gasteiger partial charge in [-0.2, -0.15) is 0 Å². The van der Waals surface area contributed by atoms with Crippen LogP contribution in [0, 0.1) is 0 Å². The summed E-state index contributed by atoms with van der Waals surface area (Å²) in [7, 11) is 1.47. The number of esters is 1. The lowest BCUT2D eigenvalue weighted by atomic mass is 9.84. The van der Waals surface area contributed by atoms with Crippen LogP contribution in [0.5, 0.6) is 0 Å². The molecular weight excluding hydrogens is 316 g/mol. The molecule has 0 amide bonds. The molecule has 3 aliphatic rings. The fourth-order valence-electron chi connectivity index (χ4n) is 4.10. The first kappa shape index (κ1) is 18.1. The van der Waals surface area contributed by atoms with E-state index in [4.69, 9.17) is 18.9 Å². The SMILES string of the molecule is CCCC(=O)O[C@H]1[C@H](O)[C@H]2OC3(CCCCC3)O[C@@H]2[C@@H](OC)[C@H]1O. The summed E-state index contributed by atoms with van der Waals surface area (Å²) in [5.74, 6) is -1.16. The van der Waals surface area contributed by atoms with E-state index in [2.05, 4.69) is 0 Å². The van der Waals surface area contributed by atoms with Crippen LogP contribution < -0.4 is 0 Å². The van der Waals surface area contributed by atoms with Crippen molar-refractivity contribution in [1.82, 2.24) is 0 Å². The Labute approximate surface area is 142 Å². The van der Waals surface area contributed by atoms with Crippen LogP contribution in [0.15, 0.2) is 0 Å². The van der Waals surface area contributed by atoms with Crippen molar-refractivity contribution >= 4 is 5.97 Å². The lowest BCUT2D eigenvalue weighted by Crippen LogP contribution is -2.64. The van der Waals surface area contributed by atoms with Crippen molar-refractivity contribution in [2.24, 2.45) is 0 Å². The molecule has 7 nitrogen and oxygen atoms in total. The molecule has 1 heterocycles. The topological polar surface area (TPSA) is 94.5 Å². The number of hydrogen-bond acceptors (Lipinski definition) is 7. The van der Waals surface area contributed by atoms with Crippen molar-refractivity contribution in [3.8, 4) is 0 Å². The standard InChI is InChI=1S/C17H28O7/c1-3-7-10(18)22-13-11(19)14(21-2)16-15(12(13)20)23-17(24-16)8-5-4-6-9-17/h11-16,19-20H,3-9H2,1-2H3/t11-,12-,13+,14-,15+,16+/m0/s1. The third kappa shape index (κ3) is 3.20. The van der Waals surface area contributed by atoms with E-state index in [0.717, 1.165) is 32.1 Å². The van der Waals surface area contributed by atoms with E-state index < -0.39 is 48.4 Å². The maximum atomic E-state index is 11.8. The van der Waals surface area contributed by atoms with Crippen molar-refractivity contribution < 1.29 is 34.0 Å². The third-order valence-electron chi connectivity index (χ3n) is 5.30. The molecule has 0 aromatic rings. The Balaban J connectivity index is 1.78. The van der Waals surface area contributed by atoms with Crippen molar-refractivity contribution in [2.45, 2.75) is 94.3 Å². The number of hydrogen-bond donors (Lipinski definition) is 2. The number of rotatable bonds is 4. The number of fused-ring (bicyclic) bond motifs is 1. The van der Waals surface area contributed by atoms with Crippen molar-refractivity contribution in [3.63, 3.8) is 0 Å². The Morgan fingerprint density at radius 3 is 2.38 bits per heavy atom. The monoisotopic (exact) mass is 344 g/mol. The van der Waals surface area contributed by atoms with Crippen molar-refractivity contribution in [2.75, 3.05) is 7.11 Å². The molecule has 6 atom stereocenters. The summed E-state index contributed by atoms with van der Waals surface area (Å²) in [6.45, 7) is 1.86. The molecule has 3 fully saturated rings. The zero-order valence-electron chi connectivity index (χ0n) is 14.3. The van der Waals surface area contributed by atoms with E-state index in [9.17, 15) is 15.0 Å². The Morgan fingerprint density at radius 1 is 1.08 bits per heavy atom. The Kier molecular flexibility index (Phi) is 5.46. The quantitative estimate of drug-likeness (QED) is 0.732. The van der Waals surface area contributed by atoms with Crippen LogP contribution in [-0.4, -0.2) is 65.7 Å². The molecule has 1 aliphatic heterocycles. The van der Waals surface area contributed by atoms with E-state index in [0.29, 0.717) is 6.42 Å². The largest absolute Gasteiger partial charge is 0.457 e. The van der Waals surface area contributed by atoms with E-state index in [1.165, 1.54) is 7.11 Å². The number of carbonyl (C=O) groups is 1. The van der Waals surface area contributed by atoms with Gasteiger partial charge in [-0.3, -0.25) is 4.79 Å². The number of ether oxygens (including phenoxy) is 4. The van der Waals surface area contributed by atoms with Crippen LogP contribution in [0.3, 0.4) is 0 Å². The van der Waals surface area contributed by atoms with Gasteiger partial charge in [0.1, 0.15) is 30.5 Å². The van der Waals surface area contributed by atoms with Crippen molar-refractivity contribution in [3.05, 3.63) is 0 Å². The van der Waals surface area contributed by atoms with Crippen LogP contribution in [0.1, 0.15) is 51.9 Å². The predicted octanol–water partition coefficient (Wildman–Crippen LogP) is 0.893. The molecule has 24 heavy (non-hydrogen) atoms. The minimum atomic E-state index is -1.16. The summed E-state index contributed by atoms with van der Waals surface area (Å²) in [6, 6.07) is 0. The Hall–Kier alpha value is -0.730. The highest BCUT2D eigenvalue weighted by Crippen LogP contribution is 2.45. The van der Waals surface area contributed by atoms with Crippen LogP contribution in [0.4, 0.5) is 0 Å². The molecule has 138 valence electrons. The minimum Gasteiger partial charge on any atom is -0.457 e. The second kappa shape index (κ2) is 7.25. The fraction of sp³-hybridized carbons (Fsp3) is 0.941. The van der Waals surface area contributed by atoms with Gasteiger partial charge in [-0.05, 0) is 19.3 Å². The first-order valence-corrected chi connectivity index (χ1v) is 8.95. The number of aliphatic hydroxyl groups excluding tert-OH is 2. The highest BCUT2D eigenvalue weighted by molar-refractivity contribution is 5.69. The fourth-order valence-corrected chi connectivity index (χ4v) is 4.10. The van der Waals surface area contributed by atoms with Crippen LogP contribution in [0.25, 0.3) is 0 Å². The minimum absolute atomic E-state index is 0.239. The molecule has 7 heteroatoms. The van der Waals surface area contributed by atoms with Gasteiger partial charge in [-0.25, -0.2) is 0 Å². The molecule has 2 aliphatic carbocycles. The number of methoxy groups -OCH3 is 1. The number of carbonyl (C=O) groups excluding carboxylic acids is 1. The summed E-state index contributed by atoms with van der Waals surface area (Å²) in [5.41, 5.74) is 0. The van der Waals surface area contributed by atoms with E-state index >= 15 is 0 Å². The smallest absolute Gasteiger partial charge is 0.306 e. The molecule has 0 aromatic carbocycles. The zero-order chi connectivity index (χ0) is 17.3. The van der Waals surface area contributed by atoms with Gasteiger partial charge in [0.2, 0.25) is 0 Å². The second-order valence-electron chi connectivity index (χ2n) is 7.02. The molecule has 0 unspecified atom stereocenters. The average molecular weight is 344 g/mol. The van der Waals surface area contributed by atoms with E-state index in [1.807, 2.05) is 6.92 Å². The zero-order valence-corrected chi connectivity index (χ0v) is 14.3. The highest BCUT2D eigenvalue weighted by atomic mass is 16.8. The highest BCUT2D eigenvalue weighted by Gasteiger charge is 2.61. The van der Waals surface area contributed by atoms with Gasteiger partial charge >= 0.3 is 5.97 Å². The molecule has 3 rings (SSSR count). The first-order valence-electron chi connectivity index (χ1n) is 8.95. The summed E-state index contributed by atoms with van der Waals surface area (Å²) >= 11 is 0. The maximum Gasteiger partial charge on any atom is 0.306 e. The predicted molar refractivity (Wildman–Crippen MR) is 83.2 cm³/mol.